The fourth-order valence-electron chi connectivity index (χ4n) is 3.18. The predicted octanol–water partition coefficient (Wildman–Crippen LogP) is 4.05. The van der Waals surface area contributed by atoms with Gasteiger partial charge in [-0.05, 0) is 30.0 Å². The van der Waals surface area contributed by atoms with E-state index in [1.807, 2.05) is 37.3 Å². The van der Waals surface area contributed by atoms with E-state index in [1.165, 1.54) is 22.0 Å². The predicted molar refractivity (Wildman–Crippen MR) is 121 cm³/mol. The van der Waals surface area contributed by atoms with Gasteiger partial charge in [0, 0.05) is 5.56 Å². The second-order valence-electron chi connectivity index (χ2n) is 8.23. The average Bonchev–Trinajstić information content (AvgIpc) is 3.07. The number of aromatic nitrogens is 5. The number of benzene rings is 2. The molecular weight excluding hydrogens is 396 g/mol. The number of nitrogens with zero attached hydrogens (tertiary/aromatic N) is 4. The Morgan fingerprint density at radius 1 is 1.07 bits per heavy atom. The van der Waals surface area contributed by atoms with E-state index >= 15 is 0 Å². The van der Waals surface area contributed by atoms with Crippen LogP contribution in [-0.4, -0.2) is 24.8 Å². The van der Waals surface area contributed by atoms with Crippen LogP contribution in [0, 0.1) is 0 Å². The smallest absolute Gasteiger partial charge is 0.258 e. The molecule has 3 N–H and O–H groups in total. The van der Waals surface area contributed by atoms with Crippen molar-refractivity contribution in [1.82, 2.24) is 24.8 Å². The van der Waals surface area contributed by atoms with Crippen LogP contribution in [0.3, 0.4) is 0 Å². The SMILES string of the molecule is CC(Sc1nnc(-c2ccc(C(C)(C)C)cc2)n1N)c1nc2ccccc2c(=O)[nH]1. The summed E-state index contributed by atoms with van der Waals surface area (Å²) in [6, 6.07) is 15.5. The van der Waals surface area contributed by atoms with Crippen molar-refractivity contribution in [2.75, 3.05) is 5.84 Å². The minimum atomic E-state index is -0.162. The number of nitrogens with one attached hydrogen (secondary N) is 1. The van der Waals surface area contributed by atoms with Crippen LogP contribution < -0.4 is 11.4 Å². The number of hydrogen-bond acceptors (Lipinski definition) is 6. The number of H-pyrrole nitrogens is 1. The molecule has 0 aliphatic carbocycles. The normalized spacial score (nSPS) is 12.9. The van der Waals surface area contributed by atoms with Crippen molar-refractivity contribution in [3.63, 3.8) is 0 Å². The molecule has 0 bridgehead atoms. The molecule has 2 heterocycles. The second kappa shape index (κ2) is 7.60. The van der Waals surface area contributed by atoms with Crippen molar-refractivity contribution >= 4 is 22.7 Å². The molecule has 154 valence electrons. The maximum absolute atomic E-state index is 12.3. The first-order chi connectivity index (χ1) is 14.2. The minimum Gasteiger partial charge on any atom is -0.335 e. The molecule has 2 aromatic carbocycles. The van der Waals surface area contributed by atoms with E-state index in [0.717, 1.165) is 5.56 Å². The molecule has 0 saturated heterocycles. The number of nitrogen functional groups attached to an aromatic ring is 1. The standard InChI is InChI=1S/C22H24N6OS/c1-13(18-24-17-8-6-5-7-16(17)20(29)25-18)30-21-27-26-19(28(21)23)14-9-11-15(12-10-14)22(2,3)4/h5-13H,23H2,1-4H3,(H,24,25,29). The van der Waals surface area contributed by atoms with Gasteiger partial charge in [-0.25, -0.2) is 9.66 Å². The van der Waals surface area contributed by atoms with Crippen LogP contribution in [0.25, 0.3) is 22.3 Å². The van der Waals surface area contributed by atoms with Crippen molar-refractivity contribution < 1.29 is 0 Å². The highest BCUT2D eigenvalue weighted by molar-refractivity contribution is 7.99. The number of rotatable bonds is 4. The number of hydrogen-bond donors (Lipinski definition) is 2. The van der Waals surface area contributed by atoms with Crippen LogP contribution in [0.1, 0.15) is 44.3 Å². The lowest BCUT2D eigenvalue weighted by molar-refractivity contribution is 0.590. The van der Waals surface area contributed by atoms with Crippen LogP contribution in [0.15, 0.2) is 58.5 Å². The van der Waals surface area contributed by atoms with Gasteiger partial charge in [0.25, 0.3) is 5.56 Å². The van der Waals surface area contributed by atoms with E-state index in [1.54, 1.807) is 6.07 Å². The number of fused-ring (bicyclic) bond motifs is 1. The summed E-state index contributed by atoms with van der Waals surface area (Å²) in [5.41, 5.74) is 2.72. The van der Waals surface area contributed by atoms with Gasteiger partial charge in [0.05, 0.1) is 16.2 Å². The van der Waals surface area contributed by atoms with E-state index < -0.39 is 0 Å². The van der Waals surface area contributed by atoms with Gasteiger partial charge in [-0.15, -0.1) is 10.2 Å². The van der Waals surface area contributed by atoms with Gasteiger partial charge in [0.15, 0.2) is 5.82 Å². The first-order valence-corrected chi connectivity index (χ1v) is 10.6. The zero-order valence-electron chi connectivity index (χ0n) is 17.4. The van der Waals surface area contributed by atoms with Crippen LogP contribution in [0.4, 0.5) is 0 Å². The van der Waals surface area contributed by atoms with Gasteiger partial charge in [0.2, 0.25) is 5.16 Å². The Morgan fingerprint density at radius 2 is 1.77 bits per heavy atom. The molecule has 8 heteroatoms. The average molecular weight is 421 g/mol. The van der Waals surface area contributed by atoms with Gasteiger partial charge < -0.3 is 10.8 Å². The molecule has 4 aromatic rings. The van der Waals surface area contributed by atoms with Gasteiger partial charge in [0.1, 0.15) is 5.82 Å². The lowest BCUT2D eigenvalue weighted by Crippen LogP contribution is -2.15. The number of nitrogens with two attached hydrogens (primary N) is 1. The quantitative estimate of drug-likeness (QED) is 0.381. The monoisotopic (exact) mass is 420 g/mol. The van der Waals surface area contributed by atoms with Gasteiger partial charge in [-0.2, -0.15) is 0 Å². The Kier molecular flexibility index (Phi) is 5.11. The summed E-state index contributed by atoms with van der Waals surface area (Å²) in [6.07, 6.45) is 0. The molecule has 0 aliphatic heterocycles. The molecule has 30 heavy (non-hydrogen) atoms. The Balaban J connectivity index is 1.59. The molecular formula is C22H24N6OS. The topological polar surface area (TPSA) is 102 Å². The Labute approximate surface area is 178 Å². The van der Waals surface area contributed by atoms with Crippen molar-refractivity contribution in [3.8, 4) is 11.4 Å². The molecule has 0 amide bonds. The Morgan fingerprint density at radius 3 is 2.47 bits per heavy atom. The maximum Gasteiger partial charge on any atom is 0.258 e. The Hall–Kier alpha value is -3.13. The molecule has 2 aromatic heterocycles. The number of thioether (sulfide) groups is 1. The van der Waals surface area contributed by atoms with E-state index in [0.29, 0.717) is 27.7 Å². The summed E-state index contributed by atoms with van der Waals surface area (Å²) in [4.78, 5) is 19.8. The molecule has 7 nitrogen and oxygen atoms in total. The van der Waals surface area contributed by atoms with Crippen molar-refractivity contribution in [1.29, 1.82) is 0 Å². The first-order valence-electron chi connectivity index (χ1n) is 9.71. The molecule has 4 rings (SSSR count). The summed E-state index contributed by atoms with van der Waals surface area (Å²) < 4.78 is 1.48. The van der Waals surface area contributed by atoms with E-state index in [9.17, 15) is 4.79 Å². The summed E-state index contributed by atoms with van der Waals surface area (Å²) in [6.45, 7) is 8.47. The van der Waals surface area contributed by atoms with E-state index in [2.05, 4.69) is 53.1 Å². The zero-order chi connectivity index (χ0) is 21.5. The van der Waals surface area contributed by atoms with Crippen molar-refractivity contribution in [3.05, 3.63) is 70.3 Å². The third-order valence-corrected chi connectivity index (χ3v) is 6.04. The molecule has 0 radical (unpaired) electrons. The lowest BCUT2D eigenvalue weighted by atomic mass is 9.87. The fraction of sp³-hybridized carbons (Fsp3) is 0.273. The second-order valence-corrected chi connectivity index (χ2v) is 9.54. The van der Waals surface area contributed by atoms with Gasteiger partial charge in [-0.3, -0.25) is 4.79 Å². The fourth-order valence-corrected chi connectivity index (χ4v) is 4.01. The highest BCUT2D eigenvalue weighted by Gasteiger charge is 2.19. The summed E-state index contributed by atoms with van der Waals surface area (Å²) in [5, 5.41) is 9.47. The number of aromatic amines is 1. The molecule has 0 saturated carbocycles. The molecule has 1 atom stereocenters. The minimum absolute atomic E-state index is 0.0785. The van der Waals surface area contributed by atoms with Crippen LogP contribution in [0.2, 0.25) is 0 Å². The first kappa shape index (κ1) is 20.2. The van der Waals surface area contributed by atoms with Gasteiger partial charge in [-0.1, -0.05) is 68.9 Å². The molecule has 0 spiro atoms. The van der Waals surface area contributed by atoms with Crippen LogP contribution in [0.5, 0.6) is 0 Å². The maximum atomic E-state index is 12.3. The Bertz CT molecular complexity index is 1250. The molecule has 0 aliphatic rings. The van der Waals surface area contributed by atoms with Gasteiger partial charge >= 0.3 is 0 Å². The third-order valence-electron chi connectivity index (χ3n) is 4.97. The zero-order valence-corrected chi connectivity index (χ0v) is 18.2. The molecule has 1 unspecified atom stereocenters. The summed E-state index contributed by atoms with van der Waals surface area (Å²) >= 11 is 1.40. The highest BCUT2D eigenvalue weighted by Crippen LogP contribution is 2.33. The van der Waals surface area contributed by atoms with Crippen molar-refractivity contribution in [2.24, 2.45) is 0 Å². The van der Waals surface area contributed by atoms with Crippen molar-refractivity contribution in [2.45, 2.75) is 43.5 Å². The molecule has 0 fully saturated rings. The lowest BCUT2D eigenvalue weighted by Gasteiger charge is -2.19. The largest absolute Gasteiger partial charge is 0.335 e. The highest BCUT2D eigenvalue weighted by atomic mass is 32.2. The number of para-hydroxylation sites is 1. The summed E-state index contributed by atoms with van der Waals surface area (Å²) in [7, 11) is 0. The van der Waals surface area contributed by atoms with Crippen LogP contribution in [-0.2, 0) is 5.41 Å². The van der Waals surface area contributed by atoms with Crippen LogP contribution >= 0.6 is 11.8 Å². The van der Waals surface area contributed by atoms with E-state index in [4.69, 9.17) is 5.84 Å². The third kappa shape index (κ3) is 3.82. The summed E-state index contributed by atoms with van der Waals surface area (Å²) in [5.74, 6) is 7.44. The van der Waals surface area contributed by atoms with E-state index in [-0.39, 0.29) is 16.2 Å².